The first-order valence-electron chi connectivity index (χ1n) is 8.40. The van der Waals surface area contributed by atoms with E-state index >= 15 is 0 Å². The van der Waals surface area contributed by atoms with Crippen LogP contribution in [0.3, 0.4) is 0 Å². The van der Waals surface area contributed by atoms with Crippen molar-refractivity contribution in [3.63, 3.8) is 0 Å². The lowest BCUT2D eigenvalue weighted by molar-refractivity contribution is -0.0270. The van der Waals surface area contributed by atoms with E-state index in [1.165, 1.54) is 0 Å². The molecule has 2 N–H and O–H groups in total. The maximum atomic E-state index is 10.2. The molecule has 22 heavy (non-hydrogen) atoms. The highest BCUT2D eigenvalue weighted by Crippen LogP contribution is 2.24. The van der Waals surface area contributed by atoms with Gasteiger partial charge in [-0.3, -0.25) is 4.90 Å². The van der Waals surface area contributed by atoms with Crippen molar-refractivity contribution in [3.8, 4) is 0 Å². The predicted octanol–water partition coefficient (Wildman–Crippen LogP) is 1.15. The van der Waals surface area contributed by atoms with Gasteiger partial charge in [0.1, 0.15) is 5.82 Å². The Bertz CT molecular complexity index is 420. The van der Waals surface area contributed by atoms with Crippen molar-refractivity contribution in [2.45, 2.75) is 43.8 Å². The molecule has 0 aromatic carbocycles. The van der Waals surface area contributed by atoms with Gasteiger partial charge in [0.25, 0.3) is 0 Å². The third-order valence-corrected chi connectivity index (χ3v) is 4.52. The van der Waals surface area contributed by atoms with Crippen molar-refractivity contribution >= 4 is 0 Å². The van der Waals surface area contributed by atoms with Crippen LogP contribution in [0.15, 0.2) is 12.4 Å². The summed E-state index contributed by atoms with van der Waals surface area (Å²) in [5, 5.41) is 10.2. The summed E-state index contributed by atoms with van der Waals surface area (Å²) in [6.07, 6.45) is 7.99. The standard InChI is InChI=1S/C16H27N3O3/c20-14(11-21-12-15-4-2-8-22-15)10-19-7-1-3-13(9-19)16-17-5-6-18-16/h5-6,13-15,20H,1-4,7-12H2,(H,17,18)/t13-,14+,15+/m1/s1. The van der Waals surface area contributed by atoms with Gasteiger partial charge in [0, 0.05) is 38.0 Å². The van der Waals surface area contributed by atoms with E-state index in [-0.39, 0.29) is 6.10 Å². The molecular weight excluding hydrogens is 282 g/mol. The highest BCUT2D eigenvalue weighted by molar-refractivity contribution is 4.99. The highest BCUT2D eigenvalue weighted by Gasteiger charge is 2.24. The maximum Gasteiger partial charge on any atom is 0.110 e. The molecule has 3 heterocycles. The number of aliphatic hydroxyl groups excluding tert-OH is 1. The summed E-state index contributed by atoms with van der Waals surface area (Å²) in [6.45, 7) is 4.51. The summed E-state index contributed by atoms with van der Waals surface area (Å²) < 4.78 is 11.1. The quantitative estimate of drug-likeness (QED) is 0.790. The smallest absolute Gasteiger partial charge is 0.110 e. The molecule has 0 aliphatic carbocycles. The summed E-state index contributed by atoms with van der Waals surface area (Å²) in [4.78, 5) is 9.89. The Morgan fingerprint density at radius 1 is 1.45 bits per heavy atom. The van der Waals surface area contributed by atoms with Crippen LogP contribution >= 0.6 is 0 Å². The number of aliphatic hydroxyl groups is 1. The van der Waals surface area contributed by atoms with Crippen molar-refractivity contribution < 1.29 is 14.6 Å². The molecule has 2 saturated heterocycles. The molecule has 124 valence electrons. The summed E-state index contributed by atoms with van der Waals surface area (Å²) >= 11 is 0. The fraction of sp³-hybridized carbons (Fsp3) is 0.812. The Kier molecular flexibility index (Phi) is 5.83. The predicted molar refractivity (Wildman–Crippen MR) is 82.8 cm³/mol. The van der Waals surface area contributed by atoms with E-state index in [4.69, 9.17) is 9.47 Å². The van der Waals surface area contributed by atoms with Crippen LogP contribution in [0.25, 0.3) is 0 Å². The van der Waals surface area contributed by atoms with E-state index in [9.17, 15) is 5.11 Å². The molecule has 0 saturated carbocycles. The lowest BCUT2D eigenvalue weighted by Crippen LogP contribution is -2.41. The number of likely N-dealkylation sites (tertiary alicyclic amines) is 1. The maximum absolute atomic E-state index is 10.2. The number of nitrogens with zero attached hydrogens (tertiary/aromatic N) is 2. The van der Waals surface area contributed by atoms with E-state index in [2.05, 4.69) is 14.9 Å². The Morgan fingerprint density at radius 2 is 2.41 bits per heavy atom. The normalized spacial score (nSPS) is 28.0. The Hall–Kier alpha value is -0.950. The van der Waals surface area contributed by atoms with Gasteiger partial charge >= 0.3 is 0 Å². The number of rotatable bonds is 7. The molecule has 2 aliphatic rings. The zero-order valence-electron chi connectivity index (χ0n) is 13.1. The number of ether oxygens (including phenoxy) is 2. The molecular formula is C16H27N3O3. The fourth-order valence-corrected chi connectivity index (χ4v) is 3.41. The SMILES string of the molecule is O[C@H](COC[C@@H]1CCCO1)CN1CCC[C@@H](c2ncc[nH]2)C1. The van der Waals surface area contributed by atoms with E-state index in [0.29, 0.717) is 25.7 Å². The van der Waals surface area contributed by atoms with Crippen molar-refractivity contribution in [2.75, 3.05) is 39.5 Å². The number of piperidine rings is 1. The molecule has 6 nitrogen and oxygen atoms in total. The van der Waals surface area contributed by atoms with E-state index in [0.717, 1.165) is 51.2 Å². The van der Waals surface area contributed by atoms with Gasteiger partial charge in [-0.05, 0) is 32.2 Å². The number of imidazole rings is 1. The molecule has 0 unspecified atom stereocenters. The molecule has 2 aliphatic heterocycles. The van der Waals surface area contributed by atoms with Crippen LogP contribution < -0.4 is 0 Å². The van der Waals surface area contributed by atoms with E-state index in [1.54, 1.807) is 0 Å². The molecule has 3 atom stereocenters. The summed E-state index contributed by atoms with van der Waals surface area (Å²) in [6, 6.07) is 0. The first-order valence-corrected chi connectivity index (χ1v) is 8.40. The summed E-state index contributed by atoms with van der Waals surface area (Å²) in [5.41, 5.74) is 0. The number of nitrogens with one attached hydrogen (secondary N) is 1. The van der Waals surface area contributed by atoms with Gasteiger partial charge in [-0.25, -0.2) is 4.98 Å². The average Bonchev–Trinajstić information content (AvgIpc) is 3.21. The zero-order valence-corrected chi connectivity index (χ0v) is 13.1. The monoisotopic (exact) mass is 309 g/mol. The van der Waals surface area contributed by atoms with Crippen molar-refractivity contribution in [1.29, 1.82) is 0 Å². The second-order valence-electron chi connectivity index (χ2n) is 6.40. The third kappa shape index (κ3) is 4.52. The molecule has 3 rings (SSSR count). The largest absolute Gasteiger partial charge is 0.389 e. The Labute approximate surface area is 131 Å². The van der Waals surface area contributed by atoms with Crippen LogP contribution in [0.1, 0.15) is 37.4 Å². The molecule has 2 fully saturated rings. The zero-order chi connectivity index (χ0) is 15.2. The number of β-amino-alcohol motifs (C(OH)–C–C–N with tert-alkyl or cyclic N) is 1. The average molecular weight is 309 g/mol. The number of aromatic nitrogens is 2. The highest BCUT2D eigenvalue weighted by atomic mass is 16.5. The Morgan fingerprint density at radius 3 is 3.18 bits per heavy atom. The van der Waals surface area contributed by atoms with Crippen LogP contribution in [0.2, 0.25) is 0 Å². The van der Waals surface area contributed by atoms with E-state index < -0.39 is 6.10 Å². The summed E-state index contributed by atoms with van der Waals surface area (Å²) in [7, 11) is 0. The van der Waals surface area contributed by atoms with Gasteiger partial charge in [-0.1, -0.05) is 0 Å². The molecule has 6 heteroatoms. The number of H-pyrrole nitrogens is 1. The van der Waals surface area contributed by atoms with Gasteiger partial charge in [-0.2, -0.15) is 0 Å². The van der Waals surface area contributed by atoms with Crippen molar-refractivity contribution in [1.82, 2.24) is 14.9 Å². The topological polar surface area (TPSA) is 70.6 Å². The van der Waals surface area contributed by atoms with Crippen molar-refractivity contribution in [2.24, 2.45) is 0 Å². The van der Waals surface area contributed by atoms with Crippen LogP contribution in [0, 0.1) is 0 Å². The van der Waals surface area contributed by atoms with Crippen LogP contribution in [-0.4, -0.2) is 71.6 Å². The minimum atomic E-state index is -0.434. The lowest BCUT2D eigenvalue weighted by Gasteiger charge is -2.33. The number of hydrogen-bond acceptors (Lipinski definition) is 5. The van der Waals surface area contributed by atoms with Gasteiger partial charge in [0.15, 0.2) is 0 Å². The van der Waals surface area contributed by atoms with Crippen LogP contribution in [0.5, 0.6) is 0 Å². The first-order chi connectivity index (χ1) is 10.8. The van der Waals surface area contributed by atoms with Gasteiger partial charge in [0.2, 0.25) is 0 Å². The number of aromatic amines is 1. The van der Waals surface area contributed by atoms with Gasteiger partial charge in [0.05, 0.1) is 25.4 Å². The first kappa shape index (κ1) is 15.9. The molecule has 0 bridgehead atoms. The molecule has 0 amide bonds. The second kappa shape index (κ2) is 8.06. The van der Waals surface area contributed by atoms with Crippen LogP contribution in [0.4, 0.5) is 0 Å². The molecule has 0 spiro atoms. The Balaban J connectivity index is 1.36. The molecule has 1 aromatic rings. The fourth-order valence-electron chi connectivity index (χ4n) is 3.41. The summed E-state index contributed by atoms with van der Waals surface area (Å²) in [5.74, 6) is 1.51. The van der Waals surface area contributed by atoms with Crippen LogP contribution in [-0.2, 0) is 9.47 Å². The lowest BCUT2D eigenvalue weighted by atomic mass is 9.97. The minimum absolute atomic E-state index is 0.227. The van der Waals surface area contributed by atoms with E-state index in [1.807, 2.05) is 12.4 Å². The molecule has 0 radical (unpaired) electrons. The van der Waals surface area contributed by atoms with Crippen molar-refractivity contribution in [3.05, 3.63) is 18.2 Å². The van der Waals surface area contributed by atoms with Gasteiger partial charge in [-0.15, -0.1) is 0 Å². The number of hydrogen-bond donors (Lipinski definition) is 2. The second-order valence-corrected chi connectivity index (χ2v) is 6.40. The molecule has 1 aromatic heterocycles. The van der Waals surface area contributed by atoms with Gasteiger partial charge < -0.3 is 19.6 Å². The third-order valence-electron chi connectivity index (χ3n) is 4.52. The minimum Gasteiger partial charge on any atom is -0.389 e.